The van der Waals surface area contributed by atoms with Crippen molar-refractivity contribution in [3.8, 4) is 0 Å². The van der Waals surface area contributed by atoms with Crippen LogP contribution in [0.25, 0.3) is 0 Å². The number of nitrogens with one attached hydrogen (secondary N) is 2. The molecule has 3 amide bonds. The fraction of sp³-hybridized carbons (Fsp3) is 0.143. The summed E-state index contributed by atoms with van der Waals surface area (Å²) in [6.07, 6.45) is -0.264. The summed E-state index contributed by atoms with van der Waals surface area (Å²) in [6, 6.07) is 17.6. The van der Waals surface area contributed by atoms with Crippen molar-refractivity contribution in [2.45, 2.75) is 26.9 Å². The number of hydrogen-bond donors (Lipinski definition) is 2. The number of benzene rings is 3. The first-order valence-electron chi connectivity index (χ1n) is 11.6. The summed E-state index contributed by atoms with van der Waals surface area (Å²) in [5.41, 5.74) is 2.35. The zero-order chi connectivity index (χ0) is 27.6. The van der Waals surface area contributed by atoms with Crippen molar-refractivity contribution >= 4 is 64.0 Å². The second kappa shape index (κ2) is 11.1. The molecule has 0 radical (unpaired) electrons. The van der Waals surface area contributed by atoms with Crippen molar-refractivity contribution in [1.29, 1.82) is 0 Å². The Labute approximate surface area is 229 Å². The molecular formula is C28H23Cl2N3O5. The smallest absolute Gasteiger partial charge is 0.338 e. The summed E-state index contributed by atoms with van der Waals surface area (Å²) >= 11 is 12.4. The predicted molar refractivity (Wildman–Crippen MR) is 147 cm³/mol. The number of anilines is 3. The minimum absolute atomic E-state index is 0.0849. The zero-order valence-electron chi connectivity index (χ0n) is 20.7. The molecule has 1 heterocycles. The number of hydrogen-bond acceptors (Lipinski definition) is 6. The lowest BCUT2D eigenvalue weighted by atomic mass is 10.1. The average molecular weight is 552 g/mol. The van der Waals surface area contributed by atoms with Gasteiger partial charge in [-0.2, -0.15) is 0 Å². The van der Waals surface area contributed by atoms with Crippen LogP contribution >= 0.6 is 23.2 Å². The number of nitrogens with zero attached hydrogens (tertiary/aromatic N) is 1. The molecule has 0 atom stereocenters. The Morgan fingerprint density at radius 2 is 1.55 bits per heavy atom. The molecule has 3 aromatic rings. The van der Waals surface area contributed by atoms with Gasteiger partial charge in [-0.15, -0.1) is 0 Å². The van der Waals surface area contributed by atoms with Crippen LogP contribution in [0.15, 0.2) is 77.5 Å². The van der Waals surface area contributed by atoms with Crippen LogP contribution in [0.5, 0.6) is 0 Å². The maximum atomic E-state index is 13.1. The summed E-state index contributed by atoms with van der Waals surface area (Å²) in [7, 11) is 0. The van der Waals surface area contributed by atoms with Gasteiger partial charge in [0, 0.05) is 22.0 Å². The highest BCUT2D eigenvalue weighted by Crippen LogP contribution is 2.34. The number of carbonyl (C=O) groups excluding carboxylic acids is 4. The number of amides is 3. The number of ether oxygens (including phenoxy) is 1. The summed E-state index contributed by atoms with van der Waals surface area (Å²) < 4.78 is 5.19. The van der Waals surface area contributed by atoms with Gasteiger partial charge in [-0.3, -0.25) is 14.4 Å². The van der Waals surface area contributed by atoms with Crippen LogP contribution in [-0.4, -0.2) is 29.8 Å². The van der Waals surface area contributed by atoms with Gasteiger partial charge < -0.3 is 15.4 Å². The summed E-state index contributed by atoms with van der Waals surface area (Å²) in [5.74, 6) is -2.18. The van der Waals surface area contributed by atoms with Crippen LogP contribution in [0.3, 0.4) is 0 Å². The predicted octanol–water partition coefficient (Wildman–Crippen LogP) is 5.90. The molecule has 4 rings (SSSR count). The highest BCUT2D eigenvalue weighted by molar-refractivity contribution is 6.53. The quantitative estimate of drug-likeness (QED) is 0.279. The molecular weight excluding hydrogens is 529 g/mol. The Kier molecular flexibility index (Phi) is 7.85. The third-order valence-electron chi connectivity index (χ3n) is 5.62. The van der Waals surface area contributed by atoms with E-state index in [9.17, 15) is 19.2 Å². The van der Waals surface area contributed by atoms with Gasteiger partial charge >= 0.3 is 5.97 Å². The molecule has 0 fully saturated rings. The average Bonchev–Trinajstić information content (AvgIpc) is 3.09. The largest absolute Gasteiger partial charge is 0.459 e. The molecule has 38 heavy (non-hydrogen) atoms. The third-order valence-corrected chi connectivity index (χ3v) is 6.38. The number of esters is 1. The van der Waals surface area contributed by atoms with Crippen molar-refractivity contribution in [2.24, 2.45) is 0 Å². The topological polar surface area (TPSA) is 105 Å². The van der Waals surface area contributed by atoms with Crippen LogP contribution in [0.2, 0.25) is 5.02 Å². The van der Waals surface area contributed by atoms with E-state index in [2.05, 4.69) is 10.6 Å². The number of rotatable bonds is 7. The first-order valence-corrected chi connectivity index (χ1v) is 12.4. The molecule has 1 aliphatic heterocycles. The van der Waals surface area contributed by atoms with Crippen LogP contribution < -0.4 is 15.5 Å². The zero-order valence-corrected chi connectivity index (χ0v) is 22.2. The fourth-order valence-corrected chi connectivity index (χ4v) is 4.11. The van der Waals surface area contributed by atoms with Crippen molar-refractivity contribution in [3.63, 3.8) is 0 Å². The first kappa shape index (κ1) is 26.9. The number of imide groups is 1. The molecule has 194 valence electrons. The molecule has 1 aliphatic rings. The molecule has 10 heteroatoms. The van der Waals surface area contributed by atoms with Crippen molar-refractivity contribution in [2.75, 3.05) is 15.5 Å². The number of halogens is 2. The Morgan fingerprint density at radius 1 is 0.868 bits per heavy atom. The van der Waals surface area contributed by atoms with Crippen LogP contribution in [0.4, 0.5) is 17.1 Å². The Morgan fingerprint density at radius 3 is 2.24 bits per heavy atom. The minimum Gasteiger partial charge on any atom is -0.459 e. The molecule has 2 N–H and O–H groups in total. The van der Waals surface area contributed by atoms with Gasteiger partial charge in [-0.25, -0.2) is 9.69 Å². The van der Waals surface area contributed by atoms with Gasteiger partial charge in [0.15, 0.2) is 0 Å². The first-order chi connectivity index (χ1) is 18.1. The summed E-state index contributed by atoms with van der Waals surface area (Å²) in [4.78, 5) is 51.7. The maximum absolute atomic E-state index is 13.1. The van der Waals surface area contributed by atoms with Gasteiger partial charge in [0.2, 0.25) is 0 Å². The molecule has 0 bridgehead atoms. The second-order valence-electron chi connectivity index (χ2n) is 8.71. The van der Waals surface area contributed by atoms with Crippen LogP contribution in [-0.2, 0) is 14.3 Å². The van der Waals surface area contributed by atoms with Gasteiger partial charge in [0.25, 0.3) is 17.7 Å². The summed E-state index contributed by atoms with van der Waals surface area (Å²) in [5, 5.41) is 5.77. The lowest BCUT2D eigenvalue weighted by molar-refractivity contribution is -0.120. The Balaban J connectivity index is 1.46. The van der Waals surface area contributed by atoms with Crippen molar-refractivity contribution in [1.82, 2.24) is 0 Å². The standard InChI is InChI=1S/C28H23Cl2N3O5/c1-15(2)38-28(37)18-6-4-7-20(14-18)32-25(34)17-10-12-19(13-11-17)31-24-23(30)26(35)33(27(24)36)22-9-5-8-21(29)16(22)3/h4-15,31H,1-3H3,(H,32,34). The van der Waals surface area contributed by atoms with Gasteiger partial charge in [-0.1, -0.05) is 35.3 Å². The van der Waals surface area contributed by atoms with E-state index < -0.39 is 23.7 Å². The second-order valence-corrected chi connectivity index (χ2v) is 9.50. The van der Waals surface area contributed by atoms with E-state index in [0.717, 1.165) is 4.90 Å². The van der Waals surface area contributed by atoms with Crippen LogP contribution in [0, 0.1) is 6.92 Å². The molecule has 0 aromatic heterocycles. The van der Waals surface area contributed by atoms with Crippen LogP contribution in [0.1, 0.15) is 40.1 Å². The molecule has 0 saturated heterocycles. The van der Waals surface area contributed by atoms with E-state index in [-0.39, 0.29) is 16.8 Å². The molecule has 0 saturated carbocycles. The highest BCUT2D eigenvalue weighted by Gasteiger charge is 2.39. The van der Waals surface area contributed by atoms with E-state index >= 15 is 0 Å². The minimum atomic E-state index is -0.667. The number of carbonyl (C=O) groups is 4. The van der Waals surface area contributed by atoms with E-state index in [0.29, 0.717) is 38.8 Å². The monoisotopic (exact) mass is 551 g/mol. The molecule has 0 aliphatic carbocycles. The Bertz CT molecular complexity index is 1480. The van der Waals surface area contributed by atoms with Crippen molar-refractivity contribution in [3.05, 3.63) is 99.2 Å². The molecule has 8 nitrogen and oxygen atoms in total. The lowest BCUT2D eigenvalue weighted by Gasteiger charge is -2.18. The highest BCUT2D eigenvalue weighted by atomic mass is 35.5. The molecule has 3 aromatic carbocycles. The Hall–Kier alpha value is -4.14. The molecule has 0 spiro atoms. The van der Waals surface area contributed by atoms with Gasteiger partial charge in [0.1, 0.15) is 10.7 Å². The van der Waals surface area contributed by atoms with E-state index in [1.54, 1.807) is 81.4 Å². The van der Waals surface area contributed by atoms with Gasteiger partial charge in [-0.05, 0) is 80.9 Å². The van der Waals surface area contributed by atoms with E-state index in [4.69, 9.17) is 27.9 Å². The van der Waals surface area contributed by atoms with Gasteiger partial charge in [0.05, 0.1) is 17.4 Å². The van der Waals surface area contributed by atoms with E-state index in [1.807, 2.05) is 0 Å². The third kappa shape index (κ3) is 5.56. The molecule has 0 unspecified atom stereocenters. The normalized spacial score (nSPS) is 13.3. The lowest BCUT2D eigenvalue weighted by Crippen LogP contribution is -2.32. The van der Waals surface area contributed by atoms with Crippen molar-refractivity contribution < 1.29 is 23.9 Å². The SMILES string of the molecule is Cc1c(Cl)cccc1N1C(=O)C(Cl)=C(Nc2ccc(C(=O)Nc3cccc(C(=O)OC(C)C)c3)cc2)C1=O. The summed E-state index contributed by atoms with van der Waals surface area (Å²) in [6.45, 7) is 5.21. The maximum Gasteiger partial charge on any atom is 0.338 e. The van der Waals surface area contributed by atoms with E-state index in [1.165, 1.54) is 6.07 Å². The fourth-order valence-electron chi connectivity index (χ4n) is 3.73.